The summed E-state index contributed by atoms with van der Waals surface area (Å²) >= 11 is 1.67. The molecule has 0 aliphatic rings. The van der Waals surface area contributed by atoms with Crippen LogP contribution in [0.4, 0.5) is 0 Å². The van der Waals surface area contributed by atoms with Gasteiger partial charge in [0.05, 0.1) is 17.7 Å². The zero-order chi connectivity index (χ0) is 11.3. The van der Waals surface area contributed by atoms with Gasteiger partial charge in [0.1, 0.15) is 0 Å². The number of hydrogen-bond acceptors (Lipinski definition) is 4. The second-order valence-electron chi connectivity index (χ2n) is 3.58. The fourth-order valence-corrected chi connectivity index (χ4v) is 1.90. The molecule has 5 heteroatoms. The number of carbonyl (C=O) groups excluding carboxylic acids is 1. The molecule has 0 unspecified atom stereocenters. The smallest absolute Gasteiger partial charge is 0.236 e. The fourth-order valence-electron chi connectivity index (χ4n) is 1.12. The summed E-state index contributed by atoms with van der Waals surface area (Å²) in [6, 6.07) is 0. The molecule has 1 amide bonds. The summed E-state index contributed by atoms with van der Waals surface area (Å²) in [5, 5.41) is 3.12. The lowest BCUT2D eigenvalue weighted by Crippen LogP contribution is -2.33. The van der Waals surface area contributed by atoms with E-state index in [1.165, 1.54) is 4.88 Å². The lowest BCUT2D eigenvalue weighted by Gasteiger charge is -2.10. The maximum Gasteiger partial charge on any atom is 0.236 e. The van der Waals surface area contributed by atoms with E-state index in [2.05, 4.69) is 10.3 Å². The molecule has 0 saturated carbocycles. The molecular formula is C10H17N3OS. The highest BCUT2D eigenvalue weighted by molar-refractivity contribution is 7.09. The third-order valence-corrected chi connectivity index (χ3v) is 3.14. The van der Waals surface area contributed by atoms with Gasteiger partial charge in [0.2, 0.25) is 5.91 Å². The van der Waals surface area contributed by atoms with Crippen LogP contribution < -0.4 is 5.32 Å². The summed E-state index contributed by atoms with van der Waals surface area (Å²) in [5.74, 6) is 0.107. The standard InChI is InChI=1S/C10H17N3OS/c1-8-9(15-7-12-8)4-5-11-6-10(14)13(2)3/h7,11H,4-6H2,1-3H3. The van der Waals surface area contributed by atoms with Gasteiger partial charge in [-0.05, 0) is 13.3 Å². The van der Waals surface area contributed by atoms with Gasteiger partial charge in [-0.25, -0.2) is 4.98 Å². The van der Waals surface area contributed by atoms with Crippen LogP contribution in [0, 0.1) is 6.92 Å². The van der Waals surface area contributed by atoms with E-state index in [0.29, 0.717) is 6.54 Å². The first kappa shape index (κ1) is 12.1. The van der Waals surface area contributed by atoms with Crippen molar-refractivity contribution in [3.63, 3.8) is 0 Å². The van der Waals surface area contributed by atoms with E-state index in [1.807, 2.05) is 12.4 Å². The van der Waals surface area contributed by atoms with Crippen molar-refractivity contribution in [3.05, 3.63) is 16.1 Å². The highest BCUT2D eigenvalue weighted by Crippen LogP contribution is 2.11. The summed E-state index contributed by atoms with van der Waals surface area (Å²) in [6.45, 7) is 3.24. The average molecular weight is 227 g/mol. The van der Waals surface area contributed by atoms with E-state index in [4.69, 9.17) is 0 Å². The second-order valence-corrected chi connectivity index (χ2v) is 4.52. The molecule has 4 nitrogen and oxygen atoms in total. The third kappa shape index (κ3) is 3.97. The van der Waals surface area contributed by atoms with Crippen molar-refractivity contribution in [2.75, 3.05) is 27.2 Å². The Labute approximate surface area is 94.3 Å². The van der Waals surface area contributed by atoms with Crippen molar-refractivity contribution in [2.24, 2.45) is 0 Å². The number of nitrogens with zero attached hydrogens (tertiary/aromatic N) is 2. The van der Waals surface area contributed by atoms with Gasteiger partial charge in [0.15, 0.2) is 0 Å². The van der Waals surface area contributed by atoms with E-state index in [1.54, 1.807) is 30.3 Å². The van der Waals surface area contributed by atoms with Crippen molar-refractivity contribution in [1.29, 1.82) is 0 Å². The van der Waals surface area contributed by atoms with Crippen LogP contribution in [0.25, 0.3) is 0 Å². The van der Waals surface area contributed by atoms with E-state index in [-0.39, 0.29) is 5.91 Å². The molecule has 0 spiro atoms. The van der Waals surface area contributed by atoms with Gasteiger partial charge in [-0.3, -0.25) is 4.79 Å². The molecule has 1 aromatic heterocycles. The van der Waals surface area contributed by atoms with Gasteiger partial charge in [0, 0.05) is 25.5 Å². The molecule has 84 valence electrons. The molecular weight excluding hydrogens is 210 g/mol. The average Bonchev–Trinajstić information content (AvgIpc) is 2.58. The first-order valence-electron chi connectivity index (χ1n) is 4.91. The van der Waals surface area contributed by atoms with Crippen LogP contribution in [-0.4, -0.2) is 43.0 Å². The highest BCUT2D eigenvalue weighted by Gasteiger charge is 2.03. The SMILES string of the molecule is Cc1ncsc1CCNCC(=O)N(C)C. The van der Waals surface area contributed by atoms with Crippen LogP contribution in [-0.2, 0) is 11.2 Å². The highest BCUT2D eigenvalue weighted by atomic mass is 32.1. The number of aromatic nitrogens is 1. The van der Waals surface area contributed by atoms with Crippen LogP contribution in [0.1, 0.15) is 10.6 Å². The summed E-state index contributed by atoms with van der Waals surface area (Å²) in [6.07, 6.45) is 0.942. The number of thiazole rings is 1. The van der Waals surface area contributed by atoms with E-state index >= 15 is 0 Å². The minimum absolute atomic E-state index is 0.107. The Kier molecular flexibility index (Phi) is 4.71. The first-order valence-corrected chi connectivity index (χ1v) is 5.79. The number of amides is 1. The lowest BCUT2D eigenvalue weighted by atomic mass is 10.3. The van der Waals surface area contributed by atoms with Crippen LogP contribution >= 0.6 is 11.3 Å². The molecule has 0 bridgehead atoms. The Hall–Kier alpha value is -0.940. The molecule has 0 aliphatic heterocycles. The van der Waals surface area contributed by atoms with Crippen LogP contribution in [0.2, 0.25) is 0 Å². The first-order chi connectivity index (χ1) is 7.11. The lowest BCUT2D eigenvalue weighted by molar-refractivity contribution is -0.127. The molecule has 15 heavy (non-hydrogen) atoms. The van der Waals surface area contributed by atoms with Gasteiger partial charge >= 0.3 is 0 Å². The molecule has 0 atom stereocenters. The van der Waals surface area contributed by atoms with Gasteiger partial charge in [-0.15, -0.1) is 11.3 Å². The molecule has 0 saturated heterocycles. The van der Waals surface area contributed by atoms with Crippen molar-refractivity contribution in [1.82, 2.24) is 15.2 Å². The Balaban J connectivity index is 2.18. The number of carbonyl (C=O) groups is 1. The Morgan fingerprint density at radius 3 is 2.87 bits per heavy atom. The maximum atomic E-state index is 11.2. The summed E-state index contributed by atoms with van der Waals surface area (Å²) in [4.78, 5) is 18.3. The number of rotatable bonds is 5. The third-order valence-electron chi connectivity index (χ3n) is 2.15. The summed E-state index contributed by atoms with van der Waals surface area (Å²) in [5.41, 5.74) is 2.95. The minimum atomic E-state index is 0.107. The number of hydrogen-bond donors (Lipinski definition) is 1. The maximum absolute atomic E-state index is 11.2. The minimum Gasteiger partial charge on any atom is -0.348 e. The molecule has 1 rings (SSSR count). The molecule has 0 aromatic carbocycles. The Morgan fingerprint density at radius 2 is 2.33 bits per heavy atom. The van der Waals surface area contributed by atoms with Crippen LogP contribution in [0.3, 0.4) is 0 Å². The molecule has 1 aromatic rings. The van der Waals surface area contributed by atoms with Gasteiger partial charge in [-0.1, -0.05) is 0 Å². The summed E-state index contributed by atoms with van der Waals surface area (Å²) in [7, 11) is 3.52. The van der Waals surface area contributed by atoms with Crippen molar-refractivity contribution in [2.45, 2.75) is 13.3 Å². The molecule has 0 fully saturated rings. The Morgan fingerprint density at radius 1 is 1.60 bits per heavy atom. The molecule has 1 N–H and O–H groups in total. The topological polar surface area (TPSA) is 45.2 Å². The monoisotopic (exact) mass is 227 g/mol. The molecule has 0 aliphatic carbocycles. The molecule has 0 radical (unpaired) electrons. The van der Waals surface area contributed by atoms with E-state index < -0.39 is 0 Å². The molecule has 1 heterocycles. The van der Waals surface area contributed by atoms with Gasteiger partial charge in [-0.2, -0.15) is 0 Å². The van der Waals surface area contributed by atoms with E-state index in [9.17, 15) is 4.79 Å². The van der Waals surface area contributed by atoms with Crippen molar-refractivity contribution < 1.29 is 4.79 Å². The largest absolute Gasteiger partial charge is 0.348 e. The summed E-state index contributed by atoms with van der Waals surface area (Å²) < 4.78 is 0. The normalized spacial score (nSPS) is 10.3. The van der Waals surface area contributed by atoms with Crippen molar-refractivity contribution >= 4 is 17.2 Å². The van der Waals surface area contributed by atoms with Gasteiger partial charge in [0.25, 0.3) is 0 Å². The zero-order valence-corrected chi connectivity index (χ0v) is 10.2. The predicted octanol–water partition coefficient (Wildman–Crippen LogP) is 0.672. The van der Waals surface area contributed by atoms with Crippen LogP contribution in [0.15, 0.2) is 5.51 Å². The zero-order valence-electron chi connectivity index (χ0n) is 9.41. The van der Waals surface area contributed by atoms with E-state index in [0.717, 1.165) is 18.7 Å². The van der Waals surface area contributed by atoms with Crippen molar-refractivity contribution in [3.8, 4) is 0 Å². The number of nitrogens with one attached hydrogen (secondary N) is 1. The quantitative estimate of drug-likeness (QED) is 0.752. The number of aryl methyl sites for hydroxylation is 1. The second kappa shape index (κ2) is 5.82. The van der Waals surface area contributed by atoms with Gasteiger partial charge < -0.3 is 10.2 Å². The predicted molar refractivity (Wildman–Crippen MR) is 62.1 cm³/mol. The van der Waals surface area contributed by atoms with Crippen LogP contribution in [0.5, 0.6) is 0 Å². The number of likely N-dealkylation sites (N-methyl/N-ethyl adjacent to an activating group) is 1. The Bertz CT molecular complexity index is 322. The fraction of sp³-hybridized carbons (Fsp3) is 0.600.